The minimum atomic E-state index is -3.17. The van der Waals surface area contributed by atoms with E-state index in [4.69, 9.17) is 9.92 Å². The van der Waals surface area contributed by atoms with Gasteiger partial charge in [0.2, 0.25) is 0 Å². The van der Waals surface area contributed by atoms with Crippen molar-refractivity contribution >= 4 is 9.92 Å². The van der Waals surface area contributed by atoms with Crippen LogP contribution >= 0.6 is 0 Å². The molecule has 0 saturated carbocycles. The molecule has 1 atom stereocenters. The zero-order valence-corrected chi connectivity index (χ0v) is 9.98. The molecule has 88 valence electrons. The van der Waals surface area contributed by atoms with Crippen LogP contribution in [-0.2, 0) is 16.3 Å². The number of hydrogen-bond donors (Lipinski definition) is 2. The highest BCUT2D eigenvalue weighted by molar-refractivity contribution is 7.90. The van der Waals surface area contributed by atoms with Crippen LogP contribution in [0.4, 0.5) is 0 Å². The fraction of sp³-hybridized carbons (Fsp3) is 0.0833. The van der Waals surface area contributed by atoms with Crippen molar-refractivity contribution in [1.82, 2.24) is 4.98 Å². The third-order valence-corrected chi connectivity index (χ3v) is 3.47. The second-order valence-corrected chi connectivity index (χ2v) is 5.39. The lowest BCUT2D eigenvalue weighted by Crippen LogP contribution is -2.13. The Morgan fingerprint density at radius 2 is 2.00 bits per heavy atom. The molecule has 4 nitrogen and oxygen atoms in total. The van der Waals surface area contributed by atoms with E-state index in [9.17, 15) is 4.21 Å². The zero-order valence-electron chi connectivity index (χ0n) is 9.17. The summed E-state index contributed by atoms with van der Waals surface area (Å²) < 4.78 is 19.1. The summed E-state index contributed by atoms with van der Waals surface area (Å²) in [5.41, 5.74) is 1.81. The largest absolute Gasteiger partial charge is 0.264 e. The Balaban J connectivity index is 2.41. The highest BCUT2D eigenvalue weighted by Gasteiger charge is 2.10. The van der Waals surface area contributed by atoms with Gasteiger partial charge in [-0.3, -0.25) is 4.98 Å². The molecule has 5 heteroatoms. The van der Waals surface area contributed by atoms with E-state index in [1.807, 2.05) is 24.3 Å². The van der Waals surface area contributed by atoms with Crippen molar-refractivity contribution in [2.75, 3.05) is 0 Å². The van der Waals surface area contributed by atoms with Crippen molar-refractivity contribution < 1.29 is 4.21 Å². The Labute approximate surface area is 101 Å². The normalized spacial score (nSPS) is 14.2. The van der Waals surface area contributed by atoms with Crippen molar-refractivity contribution in [2.45, 2.75) is 11.3 Å². The fourth-order valence-corrected chi connectivity index (χ4v) is 2.48. The SMILES string of the molecule is N=S(N)(=O)c1ccccc1Cc1cccnc1. The molecule has 0 radical (unpaired) electrons. The maximum Gasteiger partial charge on any atom is 0.132 e. The van der Waals surface area contributed by atoms with Gasteiger partial charge >= 0.3 is 0 Å². The molecule has 1 unspecified atom stereocenters. The monoisotopic (exact) mass is 247 g/mol. The summed E-state index contributed by atoms with van der Waals surface area (Å²) >= 11 is 0. The molecule has 0 saturated heterocycles. The van der Waals surface area contributed by atoms with E-state index in [2.05, 4.69) is 4.98 Å². The molecule has 1 aromatic carbocycles. The standard InChI is InChI=1S/C12H13N3OS/c13-17(14,16)12-6-2-1-5-11(12)8-10-4-3-7-15-9-10/h1-7,9H,8H2,(H3,13,14,16). The van der Waals surface area contributed by atoms with E-state index in [0.717, 1.165) is 11.1 Å². The average molecular weight is 247 g/mol. The highest BCUT2D eigenvalue weighted by Crippen LogP contribution is 2.17. The molecular weight excluding hydrogens is 234 g/mol. The Morgan fingerprint density at radius 1 is 1.24 bits per heavy atom. The van der Waals surface area contributed by atoms with E-state index in [-0.39, 0.29) is 0 Å². The highest BCUT2D eigenvalue weighted by atomic mass is 32.2. The molecule has 0 fully saturated rings. The quantitative estimate of drug-likeness (QED) is 0.869. The number of nitrogens with two attached hydrogens (primary N) is 1. The predicted molar refractivity (Wildman–Crippen MR) is 66.8 cm³/mol. The van der Waals surface area contributed by atoms with E-state index in [1.54, 1.807) is 24.5 Å². The summed E-state index contributed by atoms with van der Waals surface area (Å²) in [6.45, 7) is 0. The number of benzene rings is 1. The van der Waals surface area contributed by atoms with Gasteiger partial charge < -0.3 is 0 Å². The molecular formula is C12H13N3OS. The van der Waals surface area contributed by atoms with E-state index in [1.165, 1.54) is 0 Å². The smallest absolute Gasteiger partial charge is 0.132 e. The third-order valence-electron chi connectivity index (χ3n) is 2.42. The molecule has 2 aromatic rings. The average Bonchev–Trinajstić information content (AvgIpc) is 2.30. The summed E-state index contributed by atoms with van der Waals surface area (Å²) in [5.74, 6) is 0. The summed E-state index contributed by atoms with van der Waals surface area (Å²) in [6, 6.07) is 10.8. The first-order valence-electron chi connectivity index (χ1n) is 5.11. The summed E-state index contributed by atoms with van der Waals surface area (Å²) in [7, 11) is -3.17. The van der Waals surface area contributed by atoms with Crippen LogP contribution < -0.4 is 5.14 Å². The number of nitrogens with one attached hydrogen (secondary N) is 1. The molecule has 0 aliphatic heterocycles. The minimum Gasteiger partial charge on any atom is -0.264 e. The number of nitrogens with zero attached hydrogens (tertiary/aromatic N) is 1. The maximum atomic E-state index is 11.6. The van der Waals surface area contributed by atoms with Gasteiger partial charge in [0.15, 0.2) is 0 Å². The van der Waals surface area contributed by atoms with Crippen molar-refractivity contribution in [3.63, 3.8) is 0 Å². The van der Waals surface area contributed by atoms with Crippen LogP contribution in [0, 0.1) is 4.78 Å². The molecule has 0 bridgehead atoms. The topological polar surface area (TPSA) is 79.8 Å². The van der Waals surface area contributed by atoms with Crippen molar-refractivity contribution in [1.29, 1.82) is 4.78 Å². The van der Waals surface area contributed by atoms with Gasteiger partial charge in [0, 0.05) is 18.8 Å². The number of hydrogen-bond acceptors (Lipinski definition) is 3. The van der Waals surface area contributed by atoms with Gasteiger partial charge in [-0.1, -0.05) is 24.3 Å². The van der Waals surface area contributed by atoms with Gasteiger partial charge in [-0.15, -0.1) is 0 Å². The lowest BCUT2D eigenvalue weighted by molar-refractivity contribution is 0.675. The van der Waals surface area contributed by atoms with E-state index < -0.39 is 9.92 Å². The fourth-order valence-electron chi connectivity index (χ4n) is 1.67. The van der Waals surface area contributed by atoms with Gasteiger partial charge in [-0.2, -0.15) is 0 Å². The minimum absolute atomic E-state index is 0.392. The first kappa shape index (κ1) is 11.8. The van der Waals surface area contributed by atoms with Gasteiger partial charge in [-0.05, 0) is 23.3 Å². The molecule has 0 amide bonds. The van der Waals surface area contributed by atoms with Crippen LogP contribution in [0.15, 0.2) is 53.7 Å². The van der Waals surface area contributed by atoms with Gasteiger partial charge in [0.1, 0.15) is 9.92 Å². The van der Waals surface area contributed by atoms with E-state index in [0.29, 0.717) is 11.3 Å². The number of pyridine rings is 1. The second-order valence-electron chi connectivity index (χ2n) is 3.75. The van der Waals surface area contributed by atoms with Crippen molar-refractivity contribution in [2.24, 2.45) is 5.14 Å². The Kier molecular flexibility index (Phi) is 3.21. The Morgan fingerprint density at radius 3 is 2.65 bits per heavy atom. The first-order valence-corrected chi connectivity index (χ1v) is 6.73. The van der Waals surface area contributed by atoms with Crippen molar-refractivity contribution in [3.05, 3.63) is 59.9 Å². The Bertz CT molecular complexity index is 609. The summed E-state index contributed by atoms with van der Waals surface area (Å²) in [4.78, 5) is 4.42. The number of aromatic nitrogens is 1. The molecule has 1 aromatic heterocycles. The van der Waals surface area contributed by atoms with Gasteiger partial charge in [-0.25, -0.2) is 14.1 Å². The Hall–Kier alpha value is -1.72. The van der Waals surface area contributed by atoms with Crippen LogP contribution in [0.2, 0.25) is 0 Å². The van der Waals surface area contributed by atoms with Crippen LogP contribution in [0.1, 0.15) is 11.1 Å². The molecule has 0 aliphatic rings. The lowest BCUT2D eigenvalue weighted by Gasteiger charge is -2.08. The van der Waals surface area contributed by atoms with Crippen LogP contribution in [0.3, 0.4) is 0 Å². The molecule has 1 heterocycles. The van der Waals surface area contributed by atoms with Crippen LogP contribution in [0.5, 0.6) is 0 Å². The zero-order chi connectivity index (χ0) is 12.3. The first-order chi connectivity index (χ1) is 8.07. The number of rotatable bonds is 3. The lowest BCUT2D eigenvalue weighted by atomic mass is 10.1. The molecule has 0 aliphatic carbocycles. The maximum absolute atomic E-state index is 11.6. The van der Waals surface area contributed by atoms with Gasteiger partial charge in [0.25, 0.3) is 0 Å². The molecule has 2 rings (SSSR count). The predicted octanol–water partition coefficient (Wildman–Crippen LogP) is 1.95. The van der Waals surface area contributed by atoms with Crippen LogP contribution in [-0.4, -0.2) is 9.19 Å². The summed E-state index contributed by atoms with van der Waals surface area (Å²) in [5, 5.41) is 5.39. The van der Waals surface area contributed by atoms with Crippen LogP contribution in [0.25, 0.3) is 0 Å². The van der Waals surface area contributed by atoms with Crippen molar-refractivity contribution in [3.8, 4) is 0 Å². The molecule has 0 spiro atoms. The second kappa shape index (κ2) is 4.65. The molecule has 17 heavy (non-hydrogen) atoms. The van der Waals surface area contributed by atoms with Gasteiger partial charge in [0.05, 0.1) is 4.90 Å². The third kappa shape index (κ3) is 2.89. The molecule has 3 N–H and O–H groups in total. The summed E-state index contributed by atoms with van der Waals surface area (Å²) in [6.07, 6.45) is 4.03. The van der Waals surface area contributed by atoms with E-state index >= 15 is 0 Å².